The van der Waals surface area contributed by atoms with E-state index in [1.807, 2.05) is 23.9 Å². The Kier molecular flexibility index (Phi) is 7.69. The number of hydrogen-bond donors (Lipinski definition) is 1. The molecule has 3 nitrogen and oxygen atoms in total. The van der Waals surface area contributed by atoms with Gasteiger partial charge in [-0.3, -0.25) is 0 Å². The van der Waals surface area contributed by atoms with Gasteiger partial charge in [0.2, 0.25) is 0 Å². The van der Waals surface area contributed by atoms with Crippen molar-refractivity contribution in [3.63, 3.8) is 0 Å². The van der Waals surface area contributed by atoms with Crippen molar-refractivity contribution in [3.8, 4) is 11.5 Å². The zero-order valence-corrected chi connectivity index (χ0v) is 12.3. The van der Waals surface area contributed by atoms with Gasteiger partial charge in [-0.15, -0.1) is 0 Å². The van der Waals surface area contributed by atoms with Gasteiger partial charge in [0.1, 0.15) is 0 Å². The molecule has 0 atom stereocenters. The molecule has 4 heteroatoms. The van der Waals surface area contributed by atoms with Crippen LogP contribution in [0.4, 0.5) is 0 Å². The predicted octanol–water partition coefficient (Wildman–Crippen LogP) is 2.94. The van der Waals surface area contributed by atoms with Crippen LogP contribution in [0.5, 0.6) is 11.5 Å². The second-order valence-corrected chi connectivity index (χ2v) is 5.01. The molecule has 0 aromatic heterocycles. The second kappa shape index (κ2) is 9.11. The number of thioether (sulfide) groups is 1. The molecule has 1 aromatic carbocycles. The molecular formula is C14H23NO2S. The number of methoxy groups -OCH3 is 2. The standard InChI is InChI=1S/C14H23NO2S/c1-16-13-8-6-7-12(14(13)17-2)11-15-9-4-5-10-18-3/h6-8,15H,4-5,9-11H2,1-3H3. The van der Waals surface area contributed by atoms with Crippen LogP contribution in [0.15, 0.2) is 18.2 Å². The van der Waals surface area contributed by atoms with Crippen LogP contribution in [0.3, 0.4) is 0 Å². The number of unbranched alkanes of at least 4 members (excludes halogenated alkanes) is 1. The highest BCUT2D eigenvalue weighted by molar-refractivity contribution is 7.98. The first-order valence-electron chi connectivity index (χ1n) is 6.23. The lowest BCUT2D eigenvalue weighted by Crippen LogP contribution is -2.15. The van der Waals surface area contributed by atoms with Crippen molar-refractivity contribution in [2.45, 2.75) is 19.4 Å². The minimum Gasteiger partial charge on any atom is -0.493 e. The van der Waals surface area contributed by atoms with Crippen molar-refractivity contribution >= 4 is 11.8 Å². The number of ether oxygens (including phenoxy) is 2. The normalized spacial score (nSPS) is 10.4. The first kappa shape index (κ1) is 15.2. The third-order valence-electron chi connectivity index (χ3n) is 2.75. The molecule has 0 amide bonds. The van der Waals surface area contributed by atoms with Crippen LogP contribution >= 0.6 is 11.8 Å². The Morgan fingerprint density at radius 3 is 2.67 bits per heavy atom. The Labute approximate surface area is 114 Å². The average Bonchev–Trinajstić information content (AvgIpc) is 2.42. The summed E-state index contributed by atoms with van der Waals surface area (Å²) in [6.45, 7) is 1.86. The smallest absolute Gasteiger partial charge is 0.165 e. The molecule has 0 bridgehead atoms. The molecule has 1 rings (SSSR count). The van der Waals surface area contributed by atoms with Crippen LogP contribution in [-0.4, -0.2) is 32.8 Å². The van der Waals surface area contributed by atoms with Gasteiger partial charge in [0.25, 0.3) is 0 Å². The van der Waals surface area contributed by atoms with Crippen LogP contribution in [0.25, 0.3) is 0 Å². The largest absolute Gasteiger partial charge is 0.493 e. The highest BCUT2D eigenvalue weighted by Gasteiger charge is 2.08. The van der Waals surface area contributed by atoms with Crippen molar-refractivity contribution in [1.82, 2.24) is 5.32 Å². The van der Waals surface area contributed by atoms with E-state index in [9.17, 15) is 0 Å². The second-order valence-electron chi connectivity index (χ2n) is 4.03. The first-order valence-corrected chi connectivity index (χ1v) is 7.62. The monoisotopic (exact) mass is 269 g/mol. The number of hydrogen-bond acceptors (Lipinski definition) is 4. The van der Waals surface area contributed by atoms with E-state index in [-0.39, 0.29) is 0 Å². The minimum absolute atomic E-state index is 0.791. The Morgan fingerprint density at radius 2 is 2.00 bits per heavy atom. The third-order valence-corrected chi connectivity index (χ3v) is 3.45. The van der Waals surface area contributed by atoms with Gasteiger partial charge in [-0.2, -0.15) is 11.8 Å². The topological polar surface area (TPSA) is 30.5 Å². The molecule has 102 valence electrons. The van der Waals surface area contributed by atoms with E-state index in [2.05, 4.69) is 17.6 Å². The van der Waals surface area contributed by atoms with Crippen LogP contribution in [0.2, 0.25) is 0 Å². The SMILES string of the molecule is COc1cccc(CNCCCCSC)c1OC. The summed E-state index contributed by atoms with van der Waals surface area (Å²) in [6, 6.07) is 5.98. The van der Waals surface area contributed by atoms with E-state index in [0.717, 1.165) is 30.2 Å². The fourth-order valence-corrected chi connectivity index (χ4v) is 2.31. The number of rotatable bonds is 9. The summed E-state index contributed by atoms with van der Waals surface area (Å²) in [5.41, 5.74) is 1.14. The molecule has 0 radical (unpaired) electrons. The van der Waals surface area contributed by atoms with Gasteiger partial charge in [-0.05, 0) is 37.5 Å². The van der Waals surface area contributed by atoms with E-state index in [4.69, 9.17) is 9.47 Å². The Morgan fingerprint density at radius 1 is 1.17 bits per heavy atom. The quantitative estimate of drug-likeness (QED) is 0.698. The average molecular weight is 269 g/mol. The highest BCUT2D eigenvalue weighted by atomic mass is 32.2. The molecule has 18 heavy (non-hydrogen) atoms. The van der Waals surface area contributed by atoms with Gasteiger partial charge in [0, 0.05) is 12.1 Å². The number of para-hydroxylation sites is 1. The number of benzene rings is 1. The van der Waals surface area contributed by atoms with Gasteiger partial charge < -0.3 is 14.8 Å². The molecule has 0 saturated carbocycles. The summed E-state index contributed by atoms with van der Waals surface area (Å²) in [5, 5.41) is 3.44. The molecule has 1 N–H and O–H groups in total. The van der Waals surface area contributed by atoms with Gasteiger partial charge in [-0.1, -0.05) is 12.1 Å². The van der Waals surface area contributed by atoms with Gasteiger partial charge >= 0.3 is 0 Å². The molecule has 0 saturated heterocycles. The zero-order chi connectivity index (χ0) is 13.2. The van der Waals surface area contributed by atoms with Gasteiger partial charge in [-0.25, -0.2) is 0 Å². The lowest BCUT2D eigenvalue weighted by atomic mass is 10.2. The maximum absolute atomic E-state index is 5.39. The van der Waals surface area contributed by atoms with Crippen molar-refractivity contribution in [2.75, 3.05) is 32.8 Å². The van der Waals surface area contributed by atoms with Crippen LogP contribution < -0.4 is 14.8 Å². The van der Waals surface area contributed by atoms with E-state index in [0.29, 0.717) is 0 Å². The fourth-order valence-electron chi connectivity index (χ4n) is 1.81. The Hall–Kier alpha value is -0.870. The molecule has 1 aromatic rings. The van der Waals surface area contributed by atoms with E-state index < -0.39 is 0 Å². The summed E-state index contributed by atoms with van der Waals surface area (Å²) in [5.74, 6) is 2.86. The Balaban J connectivity index is 2.41. The Bertz CT molecular complexity index is 345. The van der Waals surface area contributed by atoms with Crippen LogP contribution in [0.1, 0.15) is 18.4 Å². The maximum Gasteiger partial charge on any atom is 0.165 e. The van der Waals surface area contributed by atoms with Crippen molar-refractivity contribution in [3.05, 3.63) is 23.8 Å². The first-order chi connectivity index (χ1) is 8.83. The molecule has 0 heterocycles. The summed E-state index contributed by atoms with van der Waals surface area (Å²) in [7, 11) is 3.34. The van der Waals surface area contributed by atoms with E-state index in [1.54, 1.807) is 14.2 Å². The van der Waals surface area contributed by atoms with Crippen LogP contribution in [0, 0.1) is 0 Å². The lowest BCUT2D eigenvalue weighted by molar-refractivity contribution is 0.350. The molecule has 0 spiro atoms. The van der Waals surface area contributed by atoms with Crippen LogP contribution in [-0.2, 0) is 6.54 Å². The molecule has 0 unspecified atom stereocenters. The summed E-state index contributed by atoms with van der Waals surface area (Å²) < 4.78 is 10.7. The third kappa shape index (κ3) is 4.78. The summed E-state index contributed by atoms with van der Waals surface area (Å²) >= 11 is 1.90. The van der Waals surface area contributed by atoms with E-state index in [1.165, 1.54) is 18.6 Å². The lowest BCUT2D eigenvalue weighted by Gasteiger charge is -2.13. The van der Waals surface area contributed by atoms with Gasteiger partial charge in [0.15, 0.2) is 11.5 Å². The van der Waals surface area contributed by atoms with Crippen molar-refractivity contribution in [1.29, 1.82) is 0 Å². The summed E-state index contributed by atoms with van der Waals surface area (Å²) in [6.07, 6.45) is 4.63. The summed E-state index contributed by atoms with van der Waals surface area (Å²) in [4.78, 5) is 0. The zero-order valence-electron chi connectivity index (χ0n) is 11.5. The molecule has 0 aliphatic heterocycles. The van der Waals surface area contributed by atoms with E-state index >= 15 is 0 Å². The maximum atomic E-state index is 5.39. The van der Waals surface area contributed by atoms with Gasteiger partial charge in [0.05, 0.1) is 14.2 Å². The minimum atomic E-state index is 0.791. The molecule has 0 fully saturated rings. The predicted molar refractivity (Wildman–Crippen MR) is 78.9 cm³/mol. The highest BCUT2D eigenvalue weighted by Crippen LogP contribution is 2.30. The molecule has 0 aliphatic carbocycles. The molecule has 0 aliphatic rings. The fraction of sp³-hybridized carbons (Fsp3) is 0.571. The number of nitrogens with one attached hydrogen (secondary N) is 1. The molecular weight excluding hydrogens is 246 g/mol. The van der Waals surface area contributed by atoms with Crippen molar-refractivity contribution in [2.24, 2.45) is 0 Å². The van der Waals surface area contributed by atoms with Crippen molar-refractivity contribution < 1.29 is 9.47 Å².